The molecule has 1 amide bonds. The fraction of sp³-hybridized carbons (Fsp3) is 0.214. The number of dihydropyridines is 1. The summed E-state index contributed by atoms with van der Waals surface area (Å²) in [6.07, 6.45) is 7.01. The van der Waals surface area contributed by atoms with Crippen LogP contribution in [0, 0.1) is 0 Å². The van der Waals surface area contributed by atoms with Gasteiger partial charge in [0.2, 0.25) is 5.91 Å². The van der Waals surface area contributed by atoms with E-state index in [1.165, 1.54) is 6.92 Å². The minimum Gasteiger partial charge on any atom is -0.376 e. The predicted molar refractivity (Wildman–Crippen MR) is 81.8 cm³/mol. The Balaban J connectivity index is 1.60. The number of allylic oxidation sites excluding steroid dienone is 1. The molecule has 0 aromatic carbocycles. The van der Waals surface area contributed by atoms with E-state index in [9.17, 15) is 4.79 Å². The molecule has 0 spiro atoms. The number of amides is 1. The third kappa shape index (κ3) is 3.23. The highest BCUT2D eigenvalue weighted by atomic mass is 16.1. The van der Waals surface area contributed by atoms with E-state index in [-0.39, 0.29) is 18.1 Å². The summed E-state index contributed by atoms with van der Waals surface area (Å²) in [7, 11) is 0. The molecule has 1 aromatic rings. The lowest BCUT2D eigenvalue weighted by atomic mass is 10.2. The first-order valence-corrected chi connectivity index (χ1v) is 6.90. The third-order valence-corrected chi connectivity index (χ3v) is 3.14. The normalized spacial score (nSPS) is 23.3. The largest absolute Gasteiger partial charge is 0.376 e. The van der Waals surface area contributed by atoms with Crippen LogP contribution in [0.25, 0.3) is 0 Å². The standard InChI is InChI=1S/C14H17N7O/c1-9(22)17-10-5-6-12(16-8-10)14-20-18-13(19-21-14)11-4-2-3-7-15-11/h2-8,12-13,16,18-19H,1H3,(H,17,22)(H,20,21)/t12-/m1/s1. The second-order valence-corrected chi connectivity index (χ2v) is 4.87. The molecule has 8 heteroatoms. The van der Waals surface area contributed by atoms with Gasteiger partial charge in [0.05, 0.1) is 11.4 Å². The van der Waals surface area contributed by atoms with Gasteiger partial charge in [-0.15, -0.1) is 0 Å². The number of aromatic nitrogens is 1. The Kier molecular flexibility index (Phi) is 4.01. The van der Waals surface area contributed by atoms with Crippen molar-refractivity contribution in [1.82, 2.24) is 31.9 Å². The Bertz CT molecular complexity index is 638. The van der Waals surface area contributed by atoms with Crippen molar-refractivity contribution in [3.05, 3.63) is 54.1 Å². The molecule has 0 saturated heterocycles. The van der Waals surface area contributed by atoms with E-state index in [0.717, 1.165) is 5.69 Å². The first-order chi connectivity index (χ1) is 10.7. The molecule has 0 saturated carbocycles. The van der Waals surface area contributed by atoms with Crippen LogP contribution < -0.4 is 26.9 Å². The average molecular weight is 299 g/mol. The van der Waals surface area contributed by atoms with Crippen molar-refractivity contribution in [3.63, 3.8) is 0 Å². The fourth-order valence-electron chi connectivity index (χ4n) is 2.11. The maximum atomic E-state index is 11.0. The zero-order valence-electron chi connectivity index (χ0n) is 12.0. The van der Waals surface area contributed by atoms with Crippen LogP contribution in [0.5, 0.6) is 0 Å². The number of nitrogens with zero attached hydrogens (tertiary/aromatic N) is 2. The van der Waals surface area contributed by atoms with Gasteiger partial charge < -0.3 is 16.1 Å². The minimum absolute atomic E-state index is 0.106. The smallest absolute Gasteiger partial charge is 0.221 e. The van der Waals surface area contributed by atoms with Gasteiger partial charge in [0.1, 0.15) is 6.04 Å². The highest BCUT2D eigenvalue weighted by Crippen LogP contribution is 2.09. The lowest BCUT2D eigenvalue weighted by Gasteiger charge is -2.29. The summed E-state index contributed by atoms with van der Waals surface area (Å²) in [5.41, 5.74) is 10.7. The van der Waals surface area contributed by atoms with Crippen molar-refractivity contribution < 1.29 is 4.79 Å². The van der Waals surface area contributed by atoms with Gasteiger partial charge in [-0.2, -0.15) is 5.10 Å². The number of carbonyl (C=O) groups excluding carboxylic acids is 1. The van der Waals surface area contributed by atoms with Crippen molar-refractivity contribution in [2.75, 3.05) is 0 Å². The second-order valence-electron chi connectivity index (χ2n) is 4.87. The number of nitrogens with one attached hydrogen (secondary N) is 5. The van der Waals surface area contributed by atoms with E-state index >= 15 is 0 Å². The van der Waals surface area contributed by atoms with Crippen LogP contribution in [0.2, 0.25) is 0 Å². The summed E-state index contributed by atoms with van der Waals surface area (Å²) in [4.78, 5) is 15.3. The molecule has 3 heterocycles. The molecule has 2 aliphatic rings. The minimum atomic E-state index is -0.192. The number of amidine groups is 1. The molecule has 1 unspecified atom stereocenters. The Morgan fingerprint density at radius 3 is 2.86 bits per heavy atom. The summed E-state index contributed by atoms with van der Waals surface area (Å²) in [6.45, 7) is 1.47. The summed E-state index contributed by atoms with van der Waals surface area (Å²) in [5.74, 6) is 0.590. The number of hydrazone groups is 1. The molecule has 8 nitrogen and oxygen atoms in total. The molecule has 0 radical (unpaired) electrons. The van der Waals surface area contributed by atoms with Crippen molar-refractivity contribution in [1.29, 1.82) is 0 Å². The van der Waals surface area contributed by atoms with Crippen LogP contribution >= 0.6 is 0 Å². The summed E-state index contributed by atoms with van der Waals surface area (Å²) in [5, 5.41) is 10.2. The van der Waals surface area contributed by atoms with Gasteiger partial charge in [0, 0.05) is 19.3 Å². The summed E-state index contributed by atoms with van der Waals surface area (Å²) in [6, 6.07) is 5.59. The maximum Gasteiger partial charge on any atom is 0.221 e. The van der Waals surface area contributed by atoms with Crippen LogP contribution in [0.1, 0.15) is 18.8 Å². The van der Waals surface area contributed by atoms with Gasteiger partial charge in [-0.05, 0) is 18.2 Å². The highest BCUT2D eigenvalue weighted by molar-refractivity contribution is 5.89. The molecular formula is C14H17N7O. The van der Waals surface area contributed by atoms with Crippen molar-refractivity contribution in [3.8, 4) is 0 Å². The second kappa shape index (κ2) is 6.27. The van der Waals surface area contributed by atoms with Crippen LogP contribution in [0.3, 0.4) is 0 Å². The van der Waals surface area contributed by atoms with Gasteiger partial charge in [-0.1, -0.05) is 12.1 Å². The van der Waals surface area contributed by atoms with E-state index in [2.05, 4.69) is 37.0 Å². The van der Waals surface area contributed by atoms with E-state index in [1.807, 2.05) is 30.4 Å². The first-order valence-electron chi connectivity index (χ1n) is 6.90. The number of hydrogen-bond acceptors (Lipinski definition) is 7. The Labute approximate surface area is 127 Å². The fourth-order valence-corrected chi connectivity index (χ4v) is 2.11. The molecule has 0 bridgehead atoms. The molecular weight excluding hydrogens is 282 g/mol. The summed E-state index contributed by atoms with van der Waals surface area (Å²) < 4.78 is 0. The van der Waals surface area contributed by atoms with Gasteiger partial charge in [0.25, 0.3) is 0 Å². The number of pyridine rings is 1. The molecule has 0 fully saturated rings. The van der Waals surface area contributed by atoms with Gasteiger partial charge in [-0.3, -0.25) is 15.2 Å². The first kappa shape index (κ1) is 14.1. The third-order valence-electron chi connectivity index (χ3n) is 3.14. The average Bonchev–Trinajstić information content (AvgIpc) is 2.56. The van der Waals surface area contributed by atoms with Gasteiger partial charge in [-0.25, -0.2) is 5.43 Å². The van der Waals surface area contributed by atoms with Gasteiger partial charge >= 0.3 is 0 Å². The molecule has 0 aliphatic carbocycles. The Hall–Kier alpha value is -2.87. The lowest BCUT2D eigenvalue weighted by Crippen LogP contribution is -2.55. The van der Waals surface area contributed by atoms with Crippen molar-refractivity contribution >= 4 is 11.7 Å². The van der Waals surface area contributed by atoms with E-state index in [4.69, 9.17) is 0 Å². The quantitative estimate of drug-likeness (QED) is 0.520. The highest BCUT2D eigenvalue weighted by Gasteiger charge is 2.21. The van der Waals surface area contributed by atoms with Crippen LogP contribution in [0.4, 0.5) is 0 Å². The summed E-state index contributed by atoms with van der Waals surface area (Å²) >= 11 is 0. The maximum absolute atomic E-state index is 11.0. The van der Waals surface area contributed by atoms with Gasteiger partial charge in [0.15, 0.2) is 12.0 Å². The molecule has 5 N–H and O–H groups in total. The van der Waals surface area contributed by atoms with Crippen LogP contribution in [-0.2, 0) is 4.79 Å². The molecule has 114 valence electrons. The van der Waals surface area contributed by atoms with Crippen LogP contribution in [-0.4, -0.2) is 22.8 Å². The monoisotopic (exact) mass is 299 g/mol. The number of rotatable bonds is 3. The Morgan fingerprint density at radius 1 is 1.36 bits per heavy atom. The lowest BCUT2D eigenvalue weighted by molar-refractivity contribution is -0.118. The van der Waals surface area contributed by atoms with E-state index in [0.29, 0.717) is 11.5 Å². The molecule has 22 heavy (non-hydrogen) atoms. The molecule has 1 aromatic heterocycles. The molecule has 2 atom stereocenters. The topological polar surface area (TPSA) is 102 Å². The number of hydrazine groups is 1. The SMILES string of the molecule is CC(=O)NC1=CN[C@@H](C2=NNC(c3ccccn3)NN2)C=C1. The predicted octanol–water partition coefficient (Wildman–Crippen LogP) is -0.403. The van der Waals surface area contributed by atoms with Crippen molar-refractivity contribution in [2.24, 2.45) is 5.10 Å². The molecule has 3 rings (SSSR count). The van der Waals surface area contributed by atoms with Crippen molar-refractivity contribution in [2.45, 2.75) is 19.1 Å². The number of hydrogen-bond donors (Lipinski definition) is 5. The zero-order chi connectivity index (χ0) is 15.4. The Morgan fingerprint density at radius 2 is 2.27 bits per heavy atom. The zero-order valence-corrected chi connectivity index (χ0v) is 12.0. The van der Waals surface area contributed by atoms with Crippen LogP contribution in [0.15, 0.2) is 53.5 Å². The number of carbonyl (C=O) groups is 1. The molecule has 2 aliphatic heterocycles. The van der Waals surface area contributed by atoms with E-state index in [1.54, 1.807) is 12.4 Å². The van der Waals surface area contributed by atoms with E-state index < -0.39 is 0 Å².